The van der Waals surface area contributed by atoms with E-state index in [4.69, 9.17) is 4.74 Å². The second-order valence-electron chi connectivity index (χ2n) is 5.45. The van der Waals surface area contributed by atoms with E-state index in [1.807, 2.05) is 6.20 Å². The molecular formula is C15H24BrN3O. The van der Waals surface area contributed by atoms with E-state index in [-0.39, 0.29) is 0 Å². The lowest BCUT2D eigenvalue weighted by Gasteiger charge is -2.34. The summed E-state index contributed by atoms with van der Waals surface area (Å²) in [5.41, 5.74) is 1.24. The number of aryl methyl sites for hydroxylation is 1. The van der Waals surface area contributed by atoms with E-state index in [1.54, 1.807) is 7.11 Å². The van der Waals surface area contributed by atoms with Gasteiger partial charge in [0.1, 0.15) is 5.82 Å². The standard InChI is InChI=1S/C15H24BrN3O/c1-12-8-14(16)10-18-15(12)19-6-3-4-13(11-19)9-17-5-7-20-2/h8,10,13,17H,3-7,9,11H2,1-2H3. The number of pyridine rings is 1. The van der Waals surface area contributed by atoms with Crippen LogP contribution in [-0.2, 0) is 4.74 Å². The minimum atomic E-state index is 0.699. The summed E-state index contributed by atoms with van der Waals surface area (Å²) in [7, 11) is 1.74. The average molecular weight is 342 g/mol. The van der Waals surface area contributed by atoms with Gasteiger partial charge in [-0.1, -0.05) is 0 Å². The fraction of sp³-hybridized carbons (Fsp3) is 0.667. The predicted octanol–water partition coefficient (Wildman–Crippen LogP) is 2.60. The molecule has 1 saturated heterocycles. The van der Waals surface area contributed by atoms with Gasteiger partial charge in [0.25, 0.3) is 0 Å². The summed E-state index contributed by atoms with van der Waals surface area (Å²) in [6.45, 7) is 7.12. The highest BCUT2D eigenvalue weighted by molar-refractivity contribution is 9.10. The maximum atomic E-state index is 5.06. The van der Waals surface area contributed by atoms with Crippen LogP contribution in [0.1, 0.15) is 18.4 Å². The van der Waals surface area contributed by atoms with Gasteiger partial charge in [0.05, 0.1) is 6.61 Å². The van der Waals surface area contributed by atoms with Crippen molar-refractivity contribution < 1.29 is 4.74 Å². The molecule has 20 heavy (non-hydrogen) atoms. The first kappa shape index (κ1) is 15.7. The summed E-state index contributed by atoms with van der Waals surface area (Å²) in [6.07, 6.45) is 4.43. The lowest BCUT2D eigenvalue weighted by Crippen LogP contribution is -2.40. The van der Waals surface area contributed by atoms with Crippen molar-refractivity contribution in [3.63, 3.8) is 0 Å². The second-order valence-corrected chi connectivity index (χ2v) is 6.36. The Kier molecular flexibility index (Phi) is 6.26. The van der Waals surface area contributed by atoms with Crippen molar-refractivity contribution in [3.8, 4) is 0 Å². The normalized spacial score (nSPS) is 19.4. The molecule has 0 bridgehead atoms. The molecule has 1 atom stereocenters. The zero-order valence-electron chi connectivity index (χ0n) is 12.4. The van der Waals surface area contributed by atoms with Gasteiger partial charge in [0.15, 0.2) is 0 Å². The van der Waals surface area contributed by atoms with Crippen LogP contribution < -0.4 is 10.2 Å². The molecule has 1 aromatic heterocycles. The Hall–Kier alpha value is -0.650. The molecule has 1 aliphatic heterocycles. The van der Waals surface area contributed by atoms with Gasteiger partial charge >= 0.3 is 0 Å². The molecule has 112 valence electrons. The highest BCUT2D eigenvalue weighted by atomic mass is 79.9. The number of nitrogens with one attached hydrogen (secondary N) is 1. The third-order valence-electron chi connectivity index (χ3n) is 3.75. The summed E-state index contributed by atoms with van der Waals surface area (Å²) < 4.78 is 6.11. The second kappa shape index (κ2) is 7.96. The van der Waals surface area contributed by atoms with Crippen molar-refractivity contribution in [2.45, 2.75) is 19.8 Å². The number of rotatable bonds is 6. The van der Waals surface area contributed by atoms with Crippen LogP contribution in [0.25, 0.3) is 0 Å². The topological polar surface area (TPSA) is 37.4 Å². The predicted molar refractivity (Wildman–Crippen MR) is 86.4 cm³/mol. The molecule has 0 aromatic carbocycles. The molecule has 0 saturated carbocycles. The molecule has 1 aromatic rings. The maximum Gasteiger partial charge on any atom is 0.131 e. The van der Waals surface area contributed by atoms with Gasteiger partial charge in [0, 0.05) is 37.4 Å². The molecule has 0 spiro atoms. The van der Waals surface area contributed by atoms with Gasteiger partial charge in [-0.25, -0.2) is 4.98 Å². The Morgan fingerprint density at radius 1 is 1.55 bits per heavy atom. The van der Waals surface area contributed by atoms with E-state index in [0.29, 0.717) is 5.92 Å². The fourth-order valence-corrected chi connectivity index (χ4v) is 3.21. The number of anilines is 1. The summed E-state index contributed by atoms with van der Waals surface area (Å²) >= 11 is 3.48. The highest BCUT2D eigenvalue weighted by Gasteiger charge is 2.21. The van der Waals surface area contributed by atoms with Crippen LogP contribution in [0.4, 0.5) is 5.82 Å². The smallest absolute Gasteiger partial charge is 0.131 e. The third-order valence-corrected chi connectivity index (χ3v) is 4.19. The SMILES string of the molecule is COCCNCC1CCCN(c2ncc(Br)cc2C)C1. The lowest BCUT2D eigenvalue weighted by molar-refractivity contribution is 0.197. The summed E-state index contributed by atoms with van der Waals surface area (Å²) in [4.78, 5) is 7.01. The van der Waals surface area contributed by atoms with Crippen molar-refractivity contribution in [1.29, 1.82) is 0 Å². The molecule has 1 fully saturated rings. The highest BCUT2D eigenvalue weighted by Crippen LogP contribution is 2.25. The minimum absolute atomic E-state index is 0.699. The van der Waals surface area contributed by atoms with Crippen molar-refractivity contribution in [1.82, 2.24) is 10.3 Å². The van der Waals surface area contributed by atoms with E-state index >= 15 is 0 Å². The Labute approximate surface area is 130 Å². The summed E-state index contributed by atoms with van der Waals surface area (Å²) in [5.74, 6) is 1.83. The molecule has 1 N–H and O–H groups in total. The first-order chi connectivity index (χ1) is 9.70. The quantitative estimate of drug-likeness (QED) is 0.807. The van der Waals surface area contributed by atoms with Crippen LogP contribution in [0.5, 0.6) is 0 Å². The number of aromatic nitrogens is 1. The zero-order valence-corrected chi connectivity index (χ0v) is 13.9. The number of piperidine rings is 1. The fourth-order valence-electron chi connectivity index (χ4n) is 2.77. The Morgan fingerprint density at radius 3 is 3.15 bits per heavy atom. The Bertz CT molecular complexity index is 428. The van der Waals surface area contributed by atoms with E-state index < -0.39 is 0 Å². The third kappa shape index (κ3) is 4.43. The molecule has 2 rings (SSSR count). The lowest BCUT2D eigenvalue weighted by atomic mass is 9.97. The van der Waals surface area contributed by atoms with Gasteiger partial charge in [-0.05, 0) is 59.8 Å². The van der Waals surface area contributed by atoms with Crippen molar-refractivity contribution in [2.75, 3.05) is 44.8 Å². The van der Waals surface area contributed by atoms with Crippen LogP contribution in [-0.4, -0.2) is 44.9 Å². The van der Waals surface area contributed by atoms with E-state index in [1.165, 1.54) is 18.4 Å². The van der Waals surface area contributed by atoms with Crippen molar-refractivity contribution in [2.24, 2.45) is 5.92 Å². The Balaban J connectivity index is 1.89. The molecular weight excluding hydrogens is 318 g/mol. The molecule has 0 amide bonds. The Morgan fingerprint density at radius 2 is 2.40 bits per heavy atom. The molecule has 5 heteroatoms. The van der Waals surface area contributed by atoms with Gasteiger partial charge in [-0.15, -0.1) is 0 Å². The molecule has 4 nitrogen and oxygen atoms in total. The average Bonchev–Trinajstić information content (AvgIpc) is 2.44. The number of nitrogens with zero attached hydrogens (tertiary/aromatic N) is 2. The summed E-state index contributed by atoms with van der Waals surface area (Å²) in [6, 6.07) is 2.14. The van der Waals surface area contributed by atoms with Gasteiger partial charge in [-0.2, -0.15) is 0 Å². The van der Waals surface area contributed by atoms with E-state index in [0.717, 1.165) is 43.1 Å². The number of halogens is 1. The first-order valence-corrected chi connectivity index (χ1v) is 8.06. The first-order valence-electron chi connectivity index (χ1n) is 7.27. The molecule has 1 aliphatic rings. The van der Waals surface area contributed by atoms with Crippen LogP contribution in [0.2, 0.25) is 0 Å². The maximum absolute atomic E-state index is 5.06. The van der Waals surface area contributed by atoms with Crippen molar-refractivity contribution >= 4 is 21.7 Å². The van der Waals surface area contributed by atoms with E-state index in [2.05, 4.69) is 44.1 Å². The van der Waals surface area contributed by atoms with Gasteiger partial charge < -0.3 is 15.0 Å². The minimum Gasteiger partial charge on any atom is -0.383 e. The molecule has 2 heterocycles. The number of hydrogen-bond acceptors (Lipinski definition) is 4. The summed E-state index contributed by atoms with van der Waals surface area (Å²) in [5, 5.41) is 3.47. The van der Waals surface area contributed by atoms with Crippen LogP contribution in [0, 0.1) is 12.8 Å². The van der Waals surface area contributed by atoms with Crippen LogP contribution in [0.3, 0.4) is 0 Å². The number of ether oxygens (including phenoxy) is 1. The van der Waals surface area contributed by atoms with Crippen molar-refractivity contribution in [3.05, 3.63) is 22.3 Å². The number of hydrogen-bond donors (Lipinski definition) is 1. The van der Waals surface area contributed by atoms with Crippen LogP contribution in [0.15, 0.2) is 16.7 Å². The van der Waals surface area contributed by atoms with Gasteiger partial charge in [0.2, 0.25) is 0 Å². The van der Waals surface area contributed by atoms with Crippen LogP contribution >= 0.6 is 15.9 Å². The monoisotopic (exact) mass is 341 g/mol. The number of methoxy groups -OCH3 is 1. The largest absolute Gasteiger partial charge is 0.383 e. The van der Waals surface area contributed by atoms with E-state index in [9.17, 15) is 0 Å². The molecule has 0 aliphatic carbocycles. The zero-order chi connectivity index (χ0) is 14.4. The van der Waals surface area contributed by atoms with Gasteiger partial charge in [-0.3, -0.25) is 0 Å². The molecule has 0 radical (unpaired) electrons. The molecule has 1 unspecified atom stereocenters.